The highest BCUT2D eigenvalue weighted by atomic mass is 16.5. The van der Waals surface area contributed by atoms with Crippen LogP contribution in [0.15, 0.2) is 121 Å². The fourth-order valence-corrected chi connectivity index (χ4v) is 7.29. The summed E-state index contributed by atoms with van der Waals surface area (Å²) in [5, 5.41) is 30.1. The van der Waals surface area contributed by atoms with E-state index in [0.717, 1.165) is 77.6 Å². The lowest BCUT2D eigenvalue weighted by Crippen LogP contribution is -1.96. The van der Waals surface area contributed by atoms with Gasteiger partial charge in [-0.25, -0.2) is 0 Å². The van der Waals surface area contributed by atoms with Gasteiger partial charge in [0.15, 0.2) is 0 Å². The molecule has 0 aromatic heterocycles. The van der Waals surface area contributed by atoms with Gasteiger partial charge in [0.25, 0.3) is 0 Å². The second kappa shape index (κ2) is 12.2. The Balaban J connectivity index is 1.56. The molecule has 0 atom stereocenters. The number of rotatable bonds is 8. The smallest absolute Gasteiger partial charge is 0.132 e. The minimum absolute atomic E-state index is 0.180. The van der Waals surface area contributed by atoms with Crippen LogP contribution < -0.4 is 18.9 Å². The van der Waals surface area contributed by atoms with Gasteiger partial charge in [0.05, 0.1) is 28.4 Å². The van der Waals surface area contributed by atoms with Gasteiger partial charge in [-0.2, -0.15) is 0 Å². The maximum atomic E-state index is 12.3. The molecule has 0 spiro atoms. The number of methoxy groups -OCH3 is 4. The van der Waals surface area contributed by atoms with E-state index >= 15 is 0 Å². The van der Waals surface area contributed by atoms with Crippen LogP contribution in [-0.2, 0) is 0 Å². The third-order valence-electron chi connectivity index (χ3n) is 9.70. The number of ether oxygens (including phenoxy) is 4. The molecule has 0 heterocycles. The van der Waals surface area contributed by atoms with Gasteiger partial charge in [-0.15, -0.1) is 0 Å². The van der Waals surface area contributed by atoms with Crippen LogP contribution in [0.4, 0.5) is 0 Å². The molecule has 6 nitrogen and oxygen atoms in total. The van der Waals surface area contributed by atoms with Crippen molar-refractivity contribution in [3.63, 3.8) is 0 Å². The lowest BCUT2D eigenvalue weighted by Gasteiger charge is -2.23. The predicted octanol–water partition coefficient (Wildman–Crippen LogP) is 10.7. The van der Waals surface area contributed by atoms with Crippen LogP contribution in [0.5, 0.6) is 34.5 Å². The number of phenols is 2. The summed E-state index contributed by atoms with van der Waals surface area (Å²) in [5.74, 6) is 3.27. The van der Waals surface area contributed by atoms with Gasteiger partial charge in [0.1, 0.15) is 34.5 Å². The van der Waals surface area contributed by atoms with Crippen molar-refractivity contribution < 1.29 is 29.2 Å². The number of hydrogen-bond acceptors (Lipinski definition) is 6. The van der Waals surface area contributed by atoms with Gasteiger partial charge >= 0.3 is 0 Å². The number of benzene rings is 8. The molecule has 0 aliphatic carbocycles. The molecule has 0 unspecified atom stereocenters. The van der Waals surface area contributed by atoms with Gasteiger partial charge in [0.2, 0.25) is 0 Å². The molecule has 246 valence electrons. The van der Waals surface area contributed by atoms with Gasteiger partial charge in [-0.1, -0.05) is 72.8 Å². The van der Waals surface area contributed by atoms with Gasteiger partial charge in [0, 0.05) is 22.3 Å². The van der Waals surface area contributed by atoms with E-state index in [4.69, 9.17) is 18.9 Å². The Morgan fingerprint density at radius 2 is 0.500 bits per heavy atom. The van der Waals surface area contributed by atoms with Crippen molar-refractivity contribution in [3.8, 4) is 79.0 Å². The molecule has 0 saturated heterocycles. The van der Waals surface area contributed by atoms with Crippen molar-refractivity contribution in [2.24, 2.45) is 0 Å². The summed E-state index contributed by atoms with van der Waals surface area (Å²) in [5.41, 5.74) is 6.26. The summed E-state index contributed by atoms with van der Waals surface area (Å²) in [6.45, 7) is 0. The van der Waals surface area contributed by atoms with E-state index in [1.807, 2.05) is 97.1 Å². The maximum absolute atomic E-state index is 12.3. The van der Waals surface area contributed by atoms with Crippen LogP contribution in [0.3, 0.4) is 0 Å². The van der Waals surface area contributed by atoms with E-state index in [1.54, 1.807) is 28.4 Å². The molecular weight excluding hydrogens is 624 g/mol. The quantitative estimate of drug-likeness (QED) is 0.158. The topological polar surface area (TPSA) is 77.4 Å². The summed E-state index contributed by atoms with van der Waals surface area (Å²) < 4.78 is 21.9. The van der Waals surface area contributed by atoms with Crippen LogP contribution in [0.25, 0.3) is 76.8 Å². The highest BCUT2D eigenvalue weighted by Gasteiger charge is 2.26. The fraction of sp³-hybridized carbons (Fsp3) is 0.0909. The van der Waals surface area contributed by atoms with Crippen molar-refractivity contribution in [3.05, 3.63) is 121 Å². The SMILES string of the molecule is COc1ccc(-c2c(O)c(-c3ccc(OC)cc3)c3ccc4c(-c5ccc(OC)cc5)c(O)c(-c5ccc(OC)cc5)c5ccc2c3c54)cc1. The minimum Gasteiger partial charge on any atom is -0.507 e. The molecule has 0 aliphatic rings. The van der Waals surface area contributed by atoms with E-state index < -0.39 is 0 Å². The standard InChI is InChI=1S/C44H34O6/c1-47-29-13-5-25(6-14-29)37-33-21-22-35-39(27-9-17-31(49-3)18-10-27)44(46)40(28-11-19-32(50-4)20-12-28)36-24-23-34(41(33)42(35)36)38(43(37)45)26-7-15-30(48-2)16-8-26/h5-24,45-46H,1-4H3. The summed E-state index contributed by atoms with van der Waals surface area (Å²) >= 11 is 0. The largest absolute Gasteiger partial charge is 0.507 e. The molecule has 0 radical (unpaired) electrons. The summed E-state index contributed by atoms with van der Waals surface area (Å²) in [6.07, 6.45) is 0. The lowest BCUT2D eigenvalue weighted by atomic mass is 9.81. The molecule has 6 heteroatoms. The maximum Gasteiger partial charge on any atom is 0.132 e. The van der Waals surface area contributed by atoms with Gasteiger partial charge in [-0.3, -0.25) is 0 Å². The molecule has 8 rings (SSSR count). The highest BCUT2D eigenvalue weighted by molar-refractivity contribution is 6.33. The van der Waals surface area contributed by atoms with Crippen LogP contribution in [0, 0.1) is 0 Å². The zero-order chi connectivity index (χ0) is 34.5. The molecule has 0 fully saturated rings. The summed E-state index contributed by atoms with van der Waals surface area (Å²) in [7, 11) is 6.56. The van der Waals surface area contributed by atoms with Crippen molar-refractivity contribution in [1.82, 2.24) is 0 Å². The van der Waals surface area contributed by atoms with Gasteiger partial charge < -0.3 is 29.2 Å². The third-order valence-corrected chi connectivity index (χ3v) is 9.70. The Hall–Kier alpha value is -6.40. The second-order valence-corrected chi connectivity index (χ2v) is 12.2. The van der Waals surface area contributed by atoms with Gasteiger partial charge in [-0.05, 0) is 103 Å². The Bertz CT molecular complexity index is 2150. The summed E-state index contributed by atoms with van der Waals surface area (Å²) in [4.78, 5) is 0. The average molecular weight is 659 g/mol. The van der Waals surface area contributed by atoms with Crippen LogP contribution in [0.2, 0.25) is 0 Å². The van der Waals surface area contributed by atoms with E-state index in [9.17, 15) is 10.2 Å². The molecule has 0 bridgehead atoms. The zero-order valence-electron chi connectivity index (χ0n) is 28.1. The van der Waals surface area contributed by atoms with E-state index in [-0.39, 0.29) is 11.5 Å². The average Bonchev–Trinajstić information content (AvgIpc) is 3.17. The molecule has 50 heavy (non-hydrogen) atoms. The first kappa shape index (κ1) is 30.9. The Kier molecular flexibility index (Phi) is 7.57. The van der Waals surface area contributed by atoms with Crippen molar-refractivity contribution in [2.75, 3.05) is 28.4 Å². The van der Waals surface area contributed by atoms with E-state index in [2.05, 4.69) is 24.3 Å². The predicted molar refractivity (Wildman–Crippen MR) is 201 cm³/mol. The third kappa shape index (κ3) is 4.79. The Morgan fingerprint density at radius 1 is 0.300 bits per heavy atom. The molecule has 8 aromatic carbocycles. The normalized spacial score (nSPS) is 11.4. The number of phenolic OH excluding ortho intramolecular Hbond substituents is 2. The lowest BCUT2D eigenvalue weighted by molar-refractivity contribution is 0.414. The van der Waals surface area contributed by atoms with Crippen LogP contribution in [-0.4, -0.2) is 38.7 Å². The van der Waals surface area contributed by atoms with E-state index in [1.165, 1.54) is 0 Å². The zero-order valence-corrected chi connectivity index (χ0v) is 28.1. The monoisotopic (exact) mass is 658 g/mol. The first-order valence-corrected chi connectivity index (χ1v) is 16.3. The summed E-state index contributed by atoms with van der Waals surface area (Å²) in [6, 6.07) is 39.2. The minimum atomic E-state index is 0.180. The Morgan fingerprint density at radius 3 is 0.680 bits per heavy atom. The number of aromatic hydroxyl groups is 2. The van der Waals surface area contributed by atoms with Crippen molar-refractivity contribution in [2.45, 2.75) is 0 Å². The highest BCUT2D eigenvalue weighted by Crippen LogP contribution is 2.55. The van der Waals surface area contributed by atoms with Crippen molar-refractivity contribution >= 4 is 32.3 Å². The molecule has 0 aliphatic heterocycles. The first-order chi connectivity index (χ1) is 24.4. The molecular formula is C44H34O6. The van der Waals surface area contributed by atoms with Crippen LogP contribution >= 0.6 is 0 Å². The van der Waals surface area contributed by atoms with Crippen LogP contribution in [0.1, 0.15) is 0 Å². The Labute approximate surface area is 289 Å². The van der Waals surface area contributed by atoms with Crippen molar-refractivity contribution in [1.29, 1.82) is 0 Å². The molecule has 0 saturated carbocycles. The number of hydrogen-bond donors (Lipinski definition) is 2. The molecule has 0 amide bonds. The second-order valence-electron chi connectivity index (χ2n) is 12.2. The fourth-order valence-electron chi connectivity index (χ4n) is 7.29. The molecule has 8 aromatic rings. The van der Waals surface area contributed by atoms with E-state index in [0.29, 0.717) is 22.3 Å². The first-order valence-electron chi connectivity index (χ1n) is 16.3. The molecule has 2 N–H and O–H groups in total.